The molecule has 160 valence electrons. The predicted octanol–water partition coefficient (Wildman–Crippen LogP) is 6.05. The Morgan fingerprint density at radius 2 is 1.74 bits per heavy atom. The Morgan fingerprint density at radius 1 is 0.968 bits per heavy atom. The molecule has 1 heterocycles. The molecule has 0 amide bonds. The molecule has 6 N–H and O–H groups in total. The summed E-state index contributed by atoms with van der Waals surface area (Å²) < 4.78 is 0. The fraction of sp³-hybridized carbons (Fsp3) is 0.174. The van der Waals surface area contributed by atoms with Gasteiger partial charge in [0.1, 0.15) is 0 Å². The van der Waals surface area contributed by atoms with Crippen molar-refractivity contribution >= 4 is 57.8 Å². The van der Waals surface area contributed by atoms with Crippen molar-refractivity contribution < 1.29 is 0 Å². The second kappa shape index (κ2) is 9.27. The number of anilines is 3. The van der Waals surface area contributed by atoms with Crippen LogP contribution in [0.4, 0.5) is 17.1 Å². The molecule has 8 heteroatoms. The van der Waals surface area contributed by atoms with Crippen LogP contribution in [0.25, 0.3) is 11.1 Å². The molecular formula is C23H22Cl3N5. The quantitative estimate of drug-likeness (QED) is 0.177. The van der Waals surface area contributed by atoms with E-state index < -0.39 is 0 Å². The molecule has 0 unspecified atom stereocenters. The maximum Gasteiger partial charge on any atom is 0.185 e. The Morgan fingerprint density at radius 3 is 2.52 bits per heavy atom. The normalized spacial score (nSPS) is 12.2. The Kier molecular flexibility index (Phi) is 6.46. The topological polar surface area (TPSA) is 86.0 Å². The van der Waals surface area contributed by atoms with Gasteiger partial charge >= 0.3 is 0 Å². The van der Waals surface area contributed by atoms with Crippen LogP contribution in [0.2, 0.25) is 15.1 Å². The van der Waals surface area contributed by atoms with E-state index in [1.807, 2.05) is 24.3 Å². The highest BCUT2D eigenvalue weighted by atomic mass is 35.5. The van der Waals surface area contributed by atoms with Crippen molar-refractivity contribution in [1.29, 1.82) is 5.41 Å². The maximum absolute atomic E-state index is 7.33. The van der Waals surface area contributed by atoms with Crippen LogP contribution in [0, 0.1) is 5.41 Å². The van der Waals surface area contributed by atoms with Crippen molar-refractivity contribution in [3.8, 4) is 11.1 Å². The van der Waals surface area contributed by atoms with Gasteiger partial charge < -0.3 is 21.7 Å². The third kappa shape index (κ3) is 4.69. The first-order valence-electron chi connectivity index (χ1n) is 9.91. The minimum absolute atomic E-state index is 0.0715. The van der Waals surface area contributed by atoms with E-state index in [4.69, 9.17) is 45.9 Å². The van der Waals surface area contributed by atoms with Gasteiger partial charge in [0.2, 0.25) is 0 Å². The van der Waals surface area contributed by atoms with Crippen molar-refractivity contribution in [3.63, 3.8) is 0 Å². The number of fused-ring (bicyclic) bond motifs is 2. The van der Waals surface area contributed by atoms with Gasteiger partial charge in [0.25, 0.3) is 0 Å². The van der Waals surface area contributed by atoms with Crippen molar-refractivity contribution in [2.75, 3.05) is 23.7 Å². The van der Waals surface area contributed by atoms with Gasteiger partial charge in [-0.3, -0.25) is 5.41 Å². The lowest BCUT2D eigenvalue weighted by Crippen LogP contribution is -2.34. The summed E-state index contributed by atoms with van der Waals surface area (Å²) in [6.45, 7) is 1.02. The number of nitrogens with one attached hydrogen (secondary N) is 4. The largest absolute Gasteiger partial charge is 0.382 e. The van der Waals surface area contributed by atoms with Crippen LogP contribution in [-0.2, 0) is 12.8 Å². The third-order valence-electron chi connectivity index (χ3n) is 5.26. The summed E-state index contributed by atoms with van der Waals surface area (Å²) in [4.78, 5) is 0. The zero-order chi connectivity index (χ0) is 22.0. The van der Waals surface area contributed by atoms with Crippen LogP contribution in [0.5, 0.6) is 0 Å². The summed E-state index contributed by atoms with van der Waals surface area (Å²) in [5, 5.41) is 18.7. The minimum atomic E-state index is -0.0715. The van der Waals surface area contributed by atoms with Gasteiger partial charge in [-0.05, 0) is 53.8 Å². The molecule has 1 aliphatic heterocycles. The zero-order valence-electron chi connectivity index (χ0n) is 16.7. The number of aryl methyl sites for hydroxylation is 2. The molecule has 3 aromatic rings. The van der Waals surface area contributed by atoms with Crippen LogP contribution < -0.4 is 21.7 Å². The Labute approximate surface area is 196 Å². The molecule has 0 atom stereocenters. The van der Waals surface area contributed by atoms with Crippen LogP contribution in [-0.4, -0.2) is 19.0 Å². The van der Waals surface area contributed by atoms with Gasteiger partial charge in [0.15, 0.2) is 5.96 Å². The van der Waals surface area contributed by atoms with E-state index in [2.05, 4.69) is 34.1 Å². The summed E-state index contributed by atoms with van der Waals surface area (Å²) in [7, 11) is 0. The summed E-state index contributed by atoms with van der Waals surface area (Å²) in [6, 6.07) is 16.0. The fourth-order valence-corrected chi connectivity index (χ4v) is 4.38. The summed E-state index contributed by atoms with van der Waals surface area (Å²) in [5.41, 5.74) is 12.4. The highest BCUT2D eigenvalue weighted by Gasteiger charge is 2.21. The third-order valence-corrected chi connectivity index (χ3v) is 6.38. The van der Waals surface area contributed by atoms with E-state index in [0.717, 1.165) is 46.6 Å². The number of hydrogen-bond acceptors (Lipinski definition) is 3. The first kappa shape index (κ1) is 21.6. The highest BCUT2D eigenvalue weighted by Crippen LogP contribution is 2.45. The molecule has 0 radical (unpaired) electrons. The lowest BCUT2D eigenvalue weighted by Gasteiger charge is -2.21. The van der Waals surface area contributed by atoms with Crippen LogP contribution >= 0.6 is 34.8 Å². The molecule has 5 nitrogen and oxygen atoms in total. The van der Waals surface area contributed by atoms with Gasteiger partial charge in [0, 0.05) is 24.3 Å². The molecule has 31 heavy (non-hydrogen) atoms. The van der Waals surface area contributed by atoms with Crippen LogP contribution in [0.1, 0.15) is 11.1 Å². The average molecular weight is 475 g/mol. The molecule has 0 aromatic heterocycles. The summed E-state index contributed by atoms with van der Waals surface area (Å²) in [6.07, 6.45) is 1.78. The van der Waals surface area contributed by atoms with E-state index in [1.54, 1.807) is 6.07 Å². The summed E-state index contributed by atoms with van der Waals surface area (Å²) >= 11 is 19.4. The molecular weight excluding hydrogens is 453 g/mol. The number of para-hydroxylation sites is 1. The van der Waals surface area contributed by atoms with E-state index >= 15 is 0 Å². The zero-order valence-corrected chi connectivity index (χ0v) is 18.9. The van der Waals surface area contributed by atoms with Gasteiger partial charge in [-0.2, -0.15) is 0 Å². The SMILES string of the molecule is N=C(N)NCCNc1c(-c2ccc(Cl)c(Cl)c2)cc2c(c1Cl)Nc1ccccc1CC2. The van der Waals surface area contributed by atoms with Crippen molar-refractivity contribution in [1.82, 2.24) is 5.32 Å². The molecule has 0 saturated carbocycles. The molecule has 0 saturated heterocycles. The first-order valence-corrected chi connectivity index (χ1v) is 11.0. The Bertz CT molecular complexity index is 1150. The smallest absolute Gasteiger partial charge is 0.185 e. The first-order chi connectivity index (χ1) is 14.9. The molecule has 0 spiro atoms. The molecule has 0 bridgehead atoms. The van der Waals surface area contributed by atoms with Gasteiger partial charge in [-0.25, -0.2) is 0 Å². The predicted molar refractivity (Wildman–Crippen MR) is 132 cm³/mol. The standard InChI is InChI=1S/C23H22Cl3N5/c24-17-8-7-14(12-18(17)25)16-11-15-6-5-13-3-1-2-4-19(13)31-21(15)20(26)22(16)29-9-10-30-23(27)28/h1-4,7-8,11-12,29,31H,5-6,9-10H2,(H4,27,28,30). The van der Waals surface area contributed by atoms with Gasteiger partial charge in [-0.15, -0.1) is 0 Å². The number of guanidine groups is 1. The second-order valence-corrected chi connectivity index (χ2v) is 8.52. The van der Waals surface area contributed by atoms with Crippen molar-refractivity contribution in [2.45, 2.75) is 12.8 Å². The van der Waals surface area contributed by atoms with Gasteiger partial charge in [-0.1, -0.05) is 59.1 Å². The number of nitrogens with two attached hydrogens (primary N) is 1. The minimum Gasteiger partial charge on any atom is -0.382 e. The number of benzene rings is 3. The van der Waals surface area contributed by atoms with Crippen LogP contribution in [0.15, 0.2) is 48.5 Å². The molecule has 1 aliphatic rings. The van der Waals surface area contributed by atoms with E-state index in [0.29, 0.717) is 28.2 Å². The summed E-state index contributed by atoms with van der Waals surface area (Å²) in [5.74, 6) is -0.0715. The lowest BCUT2D eigenvalue weighted by atomic mass is 9.96. The molecule has 3 aromatic carbocycles. The van der Waals surface area contributed by atoms with Crippen molar-refractivity contribution in [3.05, 3.63) is 74.7 Å². The Hall–Kier alpha value is -2.60. The number of rotatable bonds is 5. The second-order valence-electron chi connectivity index (χ2n) is 7.33. The van der Waals surface area contributed by atoms with E-state index in [9.17, 15) is 0 Å². The number of hydrogen-bond donors (Lipinski definition) is 5. The van der Waals surface area contributed by atoms with E-state index in [-0.39, 0.29) is 5.96 Å². The monoisotopic (exact) mass is 473 g/mol. The van der Waals surface area contributed by atoms with Gasteiger partial charge in [0.05, 0.1) is 26.4 Å². The highest BCUT2D eigenvalue weighted by molar-refractivity contribution is 6.42. The fourth-order valence-electron chi connectivity index (χ4n) is 3.75. The van der Waals surface area contributed by atoms with Crippen LogP contribution in [0.3, 0.4) is 0 Å². The van der Waals surface area contributed by atoms with E-state index in [1.165, 1.54) is 5.56 Å². The molecule has 0 aliphatic carbocycles. The molecule has 4 rings (SSSR count). The maximum atomic E-state index is 7.33. The van der Waals surface area contributed by atoms with Crippen molar-refractivity contribution in [2.24, 2.45) is 5.73 Å². The molecule has 0 fully saturated rings. The average Bonchev–Trinajstić information content (AvgIpc) is 2.94. The number of halogens is 3. The lowest BCUT2D eigenvalue weighted by molar-refractivity contribution is 0.892. The Balaban J connectivity index is 1.79.